The van der Waals surface area contributed by atoms with Gasteiger partial charge < -0.3 is 10.1 Å². The van der Waals surface area contributed by atoms with Gasteiger partial charge in [0, 0.05) is 22.7 Å². The average Bonchev–Trinajstić information content (AvgIpc) is 3.07. The Morgan fingerprint density at radius 3 is 2.60 bits per heavy atom. The summed E-state index contributed by atoms with van der Waals surface area (Å²) in [4.78, 5) is 48.6. The smallest absolute Gasteiger partial charge is 0.311 e. The number of carbonyl (C=O) groups excluding carboxylic acids is 4. The highest BCUT2D eigenvalue weighted by atomic mass is 35.5. The van der Waals surface area contributed by atoms with Gasteiger partial charge in [-0.3, -0.25) is 29.6 Å². The lowest BCUT2D eigenvalue weighted by Crippen LogP contribution is -2.43. The van der Waals surface area contributed by atoms with Crippen molar-refractivity contribution in [3.05, 3.63) is 64.7 Å². The molecular weight excluding hydrogens is 410 g/mol. The van der Waals surface area contributed by atoms with Crippen molar-refractivity contribution in [2.75, 3.05) is 18.5 Å². The van der Waals surface area contributed by atoms with E-state index in [1.807, 2.05) is 13.0 Å². The van der Waals surface area contributed by atoms with Crippen molar-refractivity contribution in [3.8, 4) is 0 Å². The normalized spacial score (nSPS) is 15.6. The molecule has 3 amide bonds. The fourth-order valence-corrected chi connectivity index (χ4v) is 3.06. The van der Waals surface area contributed by atoms with E-state index in [4.69, 9.17) is 16.3 Å². The number of ether oxygens (including phenoxy) is 1. The number of halogens is 1. The topological polar surface area (TPSA) is 105 Å². The Labute approximate surface area is 178 Å². The van der Waals surface area contributed by atoms with E-state index < -0.39 is 36.2 Å². The fourth-order valence-electron chi connectivity index (χ4n) is 2.94. The van der Waals surface area contributed by atoms with E-state index in [0.29, 0.717) is 16.3 Å². The second-order valence-electron chi connectivity index (χ2n) is 6.88. The first-order chi connectivity index (χ1) is 14.3. The molecule has 0 aliphatic carbocycles. The lowest BCUT2D eigenvalue weighted by Gasteiger charge is -2.17. The number of hydrazine groups is 1. The second-order valence-corrected chi connectivity index (χ2v) is 7.32. The maximum absolute atomic E-state index is 12.2. The predicted molar refractivity (Wildman–Crippen MR) is 110 cm³/mol. The maximum Gasteiger partial charge on any atom is 0.311 e. The van der Waals surface area contributed by atoms with Crippen molar-refractivity contribution < 1.29 is 23.9 Å². The van der Waals surface area contributed by atoms with Crippen LogP contribution in [0.15, 0.2) is 48.5 Å². The summed E-state index contributed by atoms with van der Waals surface area (Å²) in [7, 11) is 0. The van der Waals surface area contributed by atoms with Crippen LogP contribution in [-0.4, -0.2) is 41.9 Å². The number of aryl methyl sites for hydroxylation is 1. The van der Waals surface area contributed by atoms with Gasteiger partial charge in [-0.1, -0.05) is 23.7 Å². The van der Waals surface area contributed by atoms with E-state index >= 15 is 0 Å². The third-order valence-corrected chi connectivity index (χ3v) is 4.70. The SMILES string of the molecule is Cc1cccc(NC(=O)COC(=O)[C@H]2CC(=O)N(NC(=O)c3ccc(Cl)cc3)C2)c1. The Kier molecular flexibility index (Phi) is 6.68. The highest BCUT2D eigenvalue weighted by Crippen LogP contribution is 2.18. The largest absolute Gasteiger partial charge is 0.455 e. The van der Waals surface area contributed by atoms with Crippen LogP contribution >= 0.6 is 11.6 Å². The van der Waals surface area contributed by atoms with Gasteiger partial charge >= 0.3 is 5.97 Å². The van der Waals surface area contributed by atoms with Gasteiger partial charge in [-0.2, -0.15) is 0 Å². The third kappa shape index (κ3) is 5.57. The van der Waals surface area contributed by atoms with Crippen molar-refractivity contribution in [2.45, 2.75) is 13.3 Å². The quantitative estimate of drug-likeness (QED) is 0.686. The molecule has 9 heteroatoms. The van der Waals surface area contributed by atoms with Crippen LogP contribution in [0.25, 0.3) is 0 Å². The minimum Gasteiger partial charge on any atom is -0.455 e. The van der Waals surface area contributed by atoms with Crippen LogP contribution in [0.1, 0.15) is 22.3 Å². The van der Waals surface area contributed by atoms with Crippen LogP contribution in [0, 0.1) is 12.8 Å². The van der Waals surface area contributed by atoms with Gasteiger partial charge in [-0.05, 0) is 48.9 Å². The molecule has 0 unspecified atom stereocenters. The molecule has 2 aromatic rings. The van der Waals surface area contributed by atoms with E-state index in [9.17, 15) is 19.2 Å². The van der Waals surface area contributed by atoms with Crippen LogP contribution in [0.3, 0.4) is 0 Å². The first-order valence-corrected chi connectivity index (χ1v) is 9.59. The molecule has 0 bridgehead atoms. The molecule has 1 fully saturated rings. The van der Waals surface area contributed by atoms with Crippen LogP contribution in [0.4, 0.5) is 5.69 Å². The molecule has 1 saturated heterocycles. The van der Waals surface area contributed by atoms with Gasteiger partial charge in [-0.15, -0.1) is 0 Å². The summed E-state index contributed by atoms with van der Waals surface area (Å²) in [6, 6.07) is 13.4. The minimum atomic E-state index is -0.769. The molecule has 3 rings (SSSR count). The molecule has 1 heterocycles. The van der Waals surface area contributed by atoms with Crippen molar-refractivity contribution in [1.29, 1.82) is 0 Å². The number of hydrogen-bond acceptors (Lipinski definition) is 5. The molecule has 2 N–H and O–H groups in total. The molecule has 0 saturated carbocycles. The third-order valence-electron chi connectivity index (χ3n) is 4.45. The Hall–Kier alpha value is -3.39. The van der Waals surface area contributed by atoms with Crippen LogP contribution < -0.4 is 10.7 Å². The summed E-state index contributed by atoms with van der Waals surface area (Å²) in [6.07, 6.45) is -0.112. The highest BCUT2D eigenvalue weighted by molar-refractivity contribution is 6.30. The predicted octanol–water partition coefficient (Wildman–Crippen LogP) is 2.32. The molecule has 1 atom stereocenters. The number of esters is 1. The summed E-state index contributed by atoms with van der Waals surface area (Å²) in [6.45, 7) is 1.40. The minimum absolute atomic E-state index is 0.0313. The Bertz CT molecular complexity index is 977. The summed E-state index contributed by atoms with van der Waals surface area (Å²) in [5.74, 6) is -2.83. The monoisotopic (exact) mass is 429 g/mol. The molecule has 0 radical (unpaired) electrons. The van der Waals surface area contributed by atoms with E-state index in [-0.39, 0.29) is 13.0 Å². The van der Waals surface area contributed by atoms with Gasteiger partial charge in [0.25, 0.3) is 11.8 Å². The second kappa shape index (κ2) is 9.41. The average molecular weight is 430 g/mol. The Morgan fingerprint density at radius 1 is 1.17 bits per heavy atom. The zero-order chi connectivity index (χ0) is 21.7. The van der Waals surface area contributed by atoms with Crippen LogP contribution in [0.2, 0.25) is 5.02 Å². The van der Waals surface area contributed by atoms with Crippen molar-refractivity contribution >= 4 is 41.0 Å². The molecule has 1 aliphatic heterocycles. The Balaban J connectivity index is 1.47. The number of benzene rings is 2. The number of nitrogens with zero attached hydrogens (tertiary/aromatic N) is 1. The molecule has 156 valence electrons. The highest BCUT2D eigenvalue weighted by Gasteiger charge is 2.36. The fraction of sp³-hybridized carbons (Fsp3) is 0.238. The van der Waals surface area contributed by atoms with E-state index in [2.05, 4.69) is 10.7 Å². The van der Waals surface area contributed by atoms with Crippen molar-refractivity contribution in [2.24, 2.45) is 5.92 Å². The lowest BCUT2D eigenvalue weighted by molar-refractivity contribution is -0.151. The van der Waals surface area contributed by atoms with Gasteiger partial charge in [0.1, 0.15) is 0 Å². The van der Waals surface area contributed by atoms with Gasteiger partial charge in [0.15, 0.2) is 6.61 Å². The van der Waals surface area contributed by atoms with E-state index in [0.717, 1.165) is 10.6 Å². The first-order valence-electron chi connectivity index (χ1n) is 9.22. The number of nitrogens with one attached hydrogen (secondary N) is 2. The summed E-state index contributed by atoms with van der Waals surface area (Å²) < 4.78 is 5.03. The van der Waals surface area contributed by atoms with E-state index in [1.54, 1.807) is 30.3 Å². The van der Waals surface area contributed by atoms with Gasteiger partial charge in [0.05, 0.1) is 12.5 Å². The number of hydrogen-bond donors (Lipinski definition) is 2. The molecule has 0 spiro atoms. The van der Waals surface area contributed by atoms with Crippen molar-refractivity contribution in [3.63, 3.8) is 0 Å². The first kappa shape index (κ1) is 21.3. The summed E-state index contributed by atoms with van der Waals surface area (Å²) >= 11 is 5.79. The molecule has 1 aliphatic rings. The maximum atomic E-state index is 12.2. The molecule has 30 heavy (non-hydrogen) atoms. The van der Waals surface area contributed by atoms with Crippen LogP contribution in [-0.2, 0) is 19.1 Å². The number of rotatable bonds is 6. The van der Waals surface area contributed by atoms with Gasteiger partial charge in [-0.25, -0.2) is 0 Å². The molecule has 2 aromatic carbocycles. The molecular formula is C21H20ClN3O5. The van der Waals surface area contributed by atoms with E-state index in [1.165, 1.54) is 12.1 Å². The Morgan fingerprint density at radius 2 is 1.90 bits per heavy atom. The standard InChI is InChI=1S/C21H20ClN3O5/c1-13-3-2-4-17(9-13)23-18(26)12-30-21(29)15-10-19(27)25(11-15)24-20(28)14-5-7-16(22)8-6-14/h2-9,15H,10-12H2,1H3,(H,23,26)(H,24,28)/t15-/m0/s1. The molecule has 0 aromatic heterocycles. The number of amides is 3. The zero-order valence-corrected chi connectivity index (χ0v) is 16.9. The van der Waals surface area contributed by atoms with Gasteiger partial charge in [0.2, 0.25) is 5.91 Å². The molecule has 8 nitrogen and oxygen atoms in total. The summed E-state index contributed by atoms with van der Waals surface area (Å²) in [5, 5.41) is 4.20. The van der Waals surface area contributed by atoms with Crippen molar-refractivity contribution in [1.82, 2.24) is 10.4 Å². The zero-order valence-electron chi connectivity index (χ0n) is 16.2. The number of anilines is 1. The lowest BCUT2D eigenvalue weighted by atomic mass is 10.1. The number of carbonyl (C=O) groups is 4. The van der Waals surface area contributed by atoms with Crippen LogP contribution in [0.5, 0.6) is 0 Å². The summed E-state index contributed by atoms with van der Waals surface area (Å²) in [5.41, 5.74) is 4.37.